The van der Waals surface area contributed by atoms with Crippen LogP contribution in [0.3, 0.4) is 0 Å². The molecule has 0 atom stereocenters. The van der Waals surface area contributed by atoms with E-state index in [0.29, 0.717) is 6.61 Å². The number of hydrogen-bond acceptors (Lipinski definition) is 3. The Balaban J connectivity index is 2.06. The van der Waals surface area contributed by atoms with Crippen molar-refractivity contribution in [3.05, 3.63) is 43.7 Å². The molecule has 0 saturated carbocycles. The van der Waals surface area contributed by atoms with Gasteiger partial charge in [0.25, 0.3) is 0 Å². The van der Waals surface area contributed by atoms with Crippen LogP contribution in [-0.2, 0) is 6.61 Å². The van der Waals surface area contributed by atoms with Crippen LogP contribution < -0.4 is 4.74 Å². The smallest absolute Gasteiger partial charge is 0.152 e. The fourth-order valence-electron chi connectivity index (χ4n) is 1.05. The largest absolute Gasteiger partial charge is 0.485 e. The van der Waals surface area contributed by atoms with E-state index >= 15 is 0 Å². The van der Waals surface area contributed by atoms with Gasteiger partial charge >= 0.3 is 0 Å². The van der Waals surface area contributed by atoms with Crippen molar-refractivity contribution in [1.29, 1.82) is 0 Å². The third-order valence-corrected chi connectivity index (χ3v) is 4.27. The monoisotopic (exact) mass is 347 g/mol. The lowest BCUT2D eigenvalue weighted by Crippen LogP contribution is -1.94. The van der Waals surface area contributed by atoms with Gasteiger partial charge in [0.2, 0.25) is 0 Å². The molecule has 5 heteroatoms. The minimum atomic E-state index is 0.558. The standard InChI is InChI=1S/C10H7Br2NOS/c11-7-3-5-15-9(7)6-14-8-2-1-4-13-10(8)12/h1-5H,6H2. The number of rotatable bonds is 3. The fraction of sp³-hybridized carbons (Fsp3) is 0.100. The van der Waals surface area contributed by atoms with Gasteiger partial charge < -0.3 is 4.74 Å². The Bertz CT molecular complexity index is 458. The molecule has 0 unspecified atom stereocenters. The molecule has 2 aromatic rings. The van der Waals surface area contributed by atoms with E-state index in [1.165, 1.54) is 4.88 Å². The van der Waals surface area contributed by atoms with Crippen LogP contribution in [0.25, 0.3) is 0 Å². The number of pyridine rings is 1. The second-order valence-corrected chi connectivity index (χ2v) is 5.38. The van der Waals surface area contributed by atoms with Gasteiger partial charge in [-0.2, -0.15) is 0 Å². The highest BCUT2D eigenvalue weighted by Gasteiger charge is 2.04. The Morgan fingerprint density at radius 2 is 2.20 bits per heavy atom. The number of aromatic nitrogens is 1. The molecule has 0 aliphatic carbocycles. The average Bonchev–Trinajstić information content (AvgIpc) is 2.63. The molecule has 0 fully saturated rings. The minimum Gasteiger partial charge on any atom is -0.485 e. The SMILES string of the molecule is Brc1ccsc1COc1cccnc1Br. The molecule has 0 aliphatic heterocycles. The maximum Gasteiger partial charge on any atom is 0.152 e. The molecule has 2 rings (SSSR count). The summed E-state index contributed by atoms with van der Waals surface area (Å²) in [4.78, 5) is 5.26. The Labute approximate surface area is 109 Å². The van der Waals surface area contributed by atoms with Crippen LogP contribution in [0.1, 0.15) is 4.88 Å². The summed E-state index contributed by atoms with van der Waals surface area (Å²) >= 11 is 8.46. The van der Waals surface area contributed by atoms with Gasteiger partial charge in [0.1, 0.15) is 11.2 Å². The van der Waals surface area contributed by atoms with Crippen LogP contribution in [-0.4, -0.2) is 4.98 Å². The lowest BCUT2D eigenvalue weighted by Gasteiger charge is -2.05. The molecular weight excluding hydrogens is 342 g/mol. The van der Waals surface area contributed by atoms with Crippen molar-refractivity contribution < 1.29 is 4.74 Å². The Kier molecular flexibility index (Phi) is 3.77. The summed E-state index contributed by atoms with van der Waals surface area (Å²) in [6.45, 7) is 0.558. The van der Waals surface area contributed by atoms with Crippen LogP contribution in [0.2, 0.25) is 0 Å². The van der Waals surface area contributed by atoms with Crippen LogP contribution in [0.4, 0.5) is 0 Å². The van der Waals surface area contributed by atoms with Crippen molar-refractivity contribution >= 4 is 43.2 Å². The predicted octanol–water partition coefficient (Wildman–Crippen LogP) is 4.25. The van der Waals surface area contributed by atoms with E-state index in [1.807, 2.05) is 23.6 Å². The van der Waals surface area contributed by atoms with Gasteiger partial charge in [-0.3, -0.25) is 0 Å². The fourth-order valence-corrected chi connectivity index (χ4v) is 2.79. The summed E-state index contributed by atoms with van der Waals surface area (Å²) in [6.07, 6.45) is 1.72. The molecule has 0 bridgehead atoms. The minimum absolute atomic E-state index is 0.558. The number of nitrogens with zero attached hydrogens (tertiary/aromatic N) is 1. The number of thiophene rings is 1. The first-order valence-electron chi connectivity index (χ1n) is 4.22. The quantitative estimate of drug-likeness (QED) is 0.773. The van der Waals surface area contributed by atoms with Crippen LogP contribution >= 0.6 is 43.2 Å². The molecule has 0 amide bonds. The summed E-state index contributed by atoms with van der Waals surface area (Å²) in [5, 5.41) is 2.03. The number of halogens is 2. The second-order valence-electron chi connectivity index (χ2n) is 2.77. The first-order chi connectivity index (χ1) is 7.27. The molecule has 2 heterocycles. The molecule has 0 aliphatic rings. The van der Waals surface area contributed by atoms with Gasteiger partial charge in [-0.25, -0.2) is 4.98 Å². The summed E-state index contributed by atoms with van der Waals surface area (Å²) in [7, 11) is 0. The normalized spacial score (nSPS) is 10.3. The highest BCUT2D eigenvalue weighted by atomic mass is 79.9. The highest BCUT2D eigenvalue weighted by Crippen LogP contribution is 2.26. The molecular formula is C10H7Br2NOS. The van der Waals surface area contributed by atoms with Gasteiger partial charge in [-0.05, 0) is 55.4 Å². The van der Waals surface area contributed by atoms with Crippen molar-refractivity contribution in [3.63, 3.8) is 0 Å². The highest BCUT2D eigenvalue weighted by molar-refractivity contribution is 9.10. The van der Waals surface area contributed by atoms with Crippen molar-refractivity contribution in [2.75, 3.05) is 0 Å². The van der Waals surface area contributed by atoms with E-state index in [-0.39, 0.29) is 0 Å². The third-order valence-electron chi connectivity index (χ3n) is 1.77. The molecule has 0 saturated heterocycles. The topological polar surface area (TPSA) is 22.1 Å². The molecule has 0 radical (unpaired) electrons. The summed E-state index contributed by atoms with van der Waals surface area (Å²) in [5.74, 6) is 0.762. The van der Waals surface area contributed by atoms with Gasteiger partial charge in [-0.1, -0.05) is 0 Å². The zero-order valence-corrected chi connectivity index (χ0v) is 11.6. The molecule has 0 spiro atoms. The molecule has 15 heavy (non-hydrogen) atoms. The van der Waals surface area contributed by atoms with Gasteiger partial charge in [-0.15, -0.1) is 11.3 Å². The van der Waals surface area contributed by atoms with E-state index < -0.39 is 0 Å². The van der Waals surface area contributed by atoms with E-state index in [2.05, 4.69) is 36.8 Å². The predicted molar refractivity (Wildman–Crippen MR) is 68.3 cm³/mol. The van der Waals surface area contributed by atoms with Crippen LogP contribution in [0.5, 0.6) is 5.75 Å². The van der Waals surface area contributed by atoms with Gasteiger partial charge in [0, 0.05) is 10.7 Å². The number of ether oxygens (including phenoxy) is 1. The Hall–Kier alpha value is -0.390. The summed E-state index contributed by atoms with van der Waals surface area (Å²) in [5.41, 5.74) is 0. The third kappa shape index (κ3) is 2.80. The lowest BCUT2D eigenvalue weighted by molar-refractivity contribution is 0.305. The van der Waals surface area contributed by atoms with Crippen molar-refractivity contribution in [3.8, 4) is 5.75 Å². The van der Waals surface area contributed by atoms with Crippen molar-refractivity contribution in [2.24, 2.45) is 0 Å². The van der Waals surface area contributed by atoms with Crippen molar-refractivity contribution in [1.82, 2.24) is 4.98 Å². The van der Waals surface area contributed by atoms with E-state index in [0.717, 1.165) is 14.8 Å². The Morgan fingerprint density at radius 3 is 2.87 bits per heavy atom. The molecule has 0 N–H and O–H groups in total. The van der Waals surface area contributed by atoms with E-state index in [4.69, 9.17) is 4.74 Å². The van der Waals surface area contributed by atoms with Gasteiger partial charge in [0.15, 0.2) is 5.75 Å². The summed E-state index contributed by atoms with van der Waals surface area (Å²) in [6, 6.07) is 5.75. The maximum absolute atomic E-state index is 5.63. The van der Waals surface area contributed by atoms with Crippen molar-refractivity contribution in [2.45, 2.75) is 6.61 Å². The first kappa shape index (κ1) is 11.1. The van der Waals surface area contributed by atoms with Gasteiger partial charge in [0.05, 0.1) is 4.88 Å². The Morgan fingerprint density at radius 1 is 1.33 bits per heavy atom. The van der Waals surface area contributed by atoms with E-state index in [1.54, 1.807) is 17.5 Å². The van der Waals surface area contributed by atoms with Crippen LogP contribution in [0, 0.1) is 0 Å². The molecule has 2 nitrogen and oxygen atoms in total. The second kappa shape index (κ2) is 5.09. The summed E-state index contributed by atoms with van der Waals surface area (Å²) < 4.78 is 7.46. The molecule has 78 valence electrons. The first-order valence-corrected chi connectivity index (χ1v) is 6.69. The maximum atomic E-state index is 5.63. The average molecular weight is 349 g/mol. The number of hydrogen-bond donors (Lipinski definition) is 0. The van der Waals surface area contributed by atoms with Crippen LogP contribution in [0.15, 0.2) is 38.9 Å². The molecule has 0 aromatic carbocycles. The zero-order chi connectivity index (χ0) is 10.7. The molecule has 2 aromatic heterocycles. The van der Waals surface area contributed by atoms with E-state index in [9.17, 15) is 0 Å². The lowest BCUT2D eigenvalue weighted by atomic mass is 10.4. The zero-order valence-electron chi connectivity index (χ0n) is 7.61.